The van der Waals surface area contributed by atoms with Crippen LogP contribution in [0.25, 0.3) is 0 Å². The molecule has 0 radical (unpaired) electrons. The Hall–Kier alpha value is -1.82. The first kappa shape index (κ1) is 13.6. The van der Waals surface area contributed by atoms with Gasteiger partial charge in [0.2, 0.25) is 0 Å². The number of alkyl halides is 2. The van der Waals surface area contributed by atoms with Crippen LogP contribution in [0.3, 0.4) is 0 Å². The highest BCUT2D eigenvalue weighted by Gasteiger charge is 2.11. The molecule has 0 amide bonds. The first-order chi connectivity index (χ1) is 9.04. The summed E-state index contributed by atoms with van der Waals surface area (Å²) in [4.78, 5) is 16.2. The number of rotatable bonds is 5. The molecular formula is C13H11F2NO2S. The second-order valence-electron chi connectivity index (χ2n) is 3.86. The zero-order valence-corrected chi connectivity index (χ0v) is 10.9. The fourth-order valence-electron chi connectivity index (χ4n) is 1.60. The van der Waals surface area contributed by atoms with Crippen LogP contribution in [0.15, 0.2) is 29.6 Å². The van der Waals surface area contributed by atoms with Crippen LogP contribution in [0.4, 0.5) is 8.78 Å². The molecule has 0 aliphatic rings. The number of thiazole rings is 1. The monoisotopic (exact) mass is 283 g/mol. The number of aromatic nitrogens is 1. The minimum atomic E-state index is -2.90. The second-order valence-corrected chi connectivity index (χ2v) is 4.93. The molecule has 0 aliphatic carbocycles. The Morgan fingerprint density at radius 3 is 2.89 bits per heavy atom. The Balaban J connectivity index is 2.10. The first-order valence-corrected chi connectivity index (χ1v) is 6.41. The molecule has 1 aromatic carbocycles. The van der Waals surface area contributed by atoms with Crippen LogP contribution in [0.2, 0.25) is 0 Å². The van der Waals surface area contributed by atoms with E-state index >= 15 is 0 Å². The molecule has 0 unspecified atom stereocenters. The van der Waals surface area contributed by atoms with Crippen molar-refractivity contribution in [3.05, 3.63) is 45.9 Å². The number of halogens is 2. The van der Waals surface area contributed by atoms with Crippen molar-refractivity contribution in [2.45, 2.75) is 20.0 Å². The summed E-state index contributed by atoms with van der Waals surface area (Å²) in [6.07, 6.45) is 0.155. The van der Waals surface area contributed by atoms with Crippen molar-refractivity contribution in [2.75, 3.05) is 0 Å². The predicted molar refractivity (Wildman–Crippen MR) is 68.0 cm³/mol. The molecule has 0 bridgehead atoms. The van der Waals surface area contributed by atoms with Crippen LogP contribution in [-0.2, 0) is 6.42 Å². The predicted octanol–water partition coefficient (Wildman–Crippen LogP) is 3.48. The van der Waals surface area contributed by atoms with Crippen molar-refractivity contribution in [1.29, 1.82) is 0 Å². The number of hydrogen-bond donors (Lipinski definition) is 0. The minimum Gasteiger partial charge on any atom is -0.435 e. The third-order valence-electron chi connectivity index (χ3n) is 2.39. The van der Waals surface area contributed by atoms with Gasteiger partial charge in [0.1, 0.15) is 5.75 Å². The lowest BCUT2D eigenvalue weighted by atomic mass is 10.1. The zero-order valence-electron chi connectivity index (χ0n) is 10.1. The molecule has 2 aromatic rings. The molecule has 3 nitrogen and oxygen atoms in total. The highest BCUT2D eigenvalue weighted by atomic mass is 32.1. The van der Waals surface area contributed by atoms with E-state index in [1.54, 1.807) is 6.07 Å². The van der Waals surface area contributed by atoms with Crippen molar-refractivity contribution < 1.29 is 18.3 Å². The molecule has 0 atom stereocenters. The largest absolute Gasteiger partial charge is 0.435 e. The van der Waals surface area contributed by atoms with Gasteiger partial charge in [-0.25, -0.2) is 4.98 Å². The standard InChI is InChI=1S/C13H11F2NO2S/c1-8-16-10(7-19-8)6-12(17)9-3-2-4-11(5-9)18-13(14)15/h2-5,7,13H,6H2,1H3. The number of ether oxygens (including phenoxy) is 1. The summed E-state index contributed by atoms with van der Waals surface area (Å²) in [6, 6.07) is 5.78. The van der Waals surface area contributed by atoms with Crippen LogP contribution in [0, 0.1) is 6.92 Å². The molecular weight excluding hydrogens is 272 g/mol. The maximum Gasteiger partial charge on any atom is 0.387 e. The summed E-state index contributed by atoms with van der Waals surface area (Å²) in [6.45, 7) is -1.04. The van der Waals surface area contributed by atoms with Crippen LogP contribution in [0.5, 0.6) is 5.75 Å². The normalized spacial score (nSPS) is 10.7. The lowest BCUT2D eigenvalue weighted by Gasteiger charge is -2.05. The van der Waals surface area contributed by atoms with Crippen LogP contribution in [-0.4, -0.2) is 17.4 Å². The third-order valence-corrected chi connectivity index (χ3v) is 3.21. The van der Waals surface area contributed by atoms with Gasteiger partial charge in [-0.1, -0.05) is 12.1 Å². The van der Waals surface area contributed by atoms with E-state index in [2.05, 4.69) is 9.72 Å². The van der Waals surface area contributed by atoms with Gasteiger partial charge in [0, 0.05) is 10.9 Å². The molecule has 0 N–H and O–H groups in total. The van der Waals surface area contributed by atoms with Crippen LogP contribution < -0.4 is 4.74 Å². The number of carbonyl (C=O) groups excluding carboxylic acids is 1. The highest BCUT2D eigenvalue weighted by molar-refractivity contribution is 7.09. The number of nitrogens with zero attached hydrogens (tertiary/aromatic N) is 1. The van der Waals surface area contributed by atoms with E-state index in [1.165, 1.54) is 29.5 Å². The maximum absolute atomic E-state index is 12.1. The van der Waals surface area contributed by atoms with Gasteiger partial charge in [0.25, 0.3) is 0 Å². The summed E-state index contributed by atoms with van der Waals surface area (Å²) in [5.41, 5.74) is 1.02. The van der Waals surface area contributed by atoms with E-state index in [0.717, 1.165) is 5.01 Å². The van der Waals surface area contributed by atoms with Crippen molar-refractivity contribution in [3.8, 4) is 5.75 Å². The highest BCUT2D eigenvalue weighted by Crippen LogP contribution is 2.18. The average Bonchev–Trinajstić information content (AvgIpc) is 2.74. The molecule has 0 fully saturated rings. The zero-order chi connectivity index (χ0) is 13.8. The summed E-state index contributed by atoms with van der Waals surface area (Å²) in [7, 11) is 0. The number of aryl methyl sites for hydroxylation is 1. The fraction of sp³-hybridized carbons (Fsp3) is 0.231. The molecule has 0 saturated heterocycles. The van der Waals surface area contributed by atoms with Gasteiger partial charge >= 0.3 is 6.61 Å². The van der Waals surface area contributed by atoms with Gasteiger partial charge in [0.15, 0.2) is 5.78 Å². The maximum atomic E-state index is 12.1. The summed E-state index contributed by atoms with van der Waals surface area (Å²) >= 11 is 1.47. The van der Waals surface area contributed by atoms with Gasteiger partial charge in [-0.2, -0.15) is 8.78 Å². The molecule has 2 rings (SSSR count). The minimum absolute atomic E-state index is 0.0182. The quantitative estimate of drug-likeness (QED) is 0.789. The van der Waals surface area contributed by atoms with Crippen molar-refractivity contribution in [3.63, 3.8) is 0 Å². The number of Topliss-reactive ketones (excluding diaryl/α,β-unsaturated/α-hetero) is 1. The van der Waals surface area contributed by atoms with Crippen LogP contribution >= 0.6 is 11.3 Å². The van der Waals surface area contributed by atoms with E-state index in [0.29, 0.717) is 11.3 Å². The van der Waals surface area contributed by atoms with E-state index < -0.39 is 6.61 Å². The number of hydrogen-bond acceptors (Lipinski definition) is 4. The van der Waals surface area contributed by atoms with E-state index in [4.69, 9.17) is 0 Å². The lowest BCUT2D eigenvalue weighted by Crippen LogP contribution is -2.06. The number of benzene rings is 1. The third kappa shape index (κ3) is 3.82. The summed E-state index contributed by atoms with van der Waals surface area (Å²) < 4.78 is 28.4. The van der Waals surface area contributed by atoms with Crippen LogP contribution in [0.1, 0.15) is 21.1 Å². The Morgan fingerprint density at radius 2 is 2.26 bits per heavy atom. The Morgan fingerprint density at radius 1 is 1.47 bits per heavy atom. The lowest BCUT2D eigenvalue weighted by molar-refractivity contribution is -0.0498. The van der Waals surface area contributed by atoms with Gasteiger partial charge in [0.05, 0.1) is 17.1 Å². The molecule has 1 heterocycles. The fourth-order valence-corrected chi connectivity index (χ4v) is 2.21. The first-order valence-electron chi connectivity index (χ1n) is 5.53. The summed E-state index contributed by atoms with van der Waals surface area (Å²) in [5, 5.41) is 2.70. The average molecular weight is 283 g/mol. The van der Waals surface area contributed by atoms with Gasteiger partial charge in [-0.3, -0.25) is 4.79 Å². The summed E-state index contributed by atoms with van der Waals surface area (Å²) in [5.74, 6) is -0.194. The van der Waals surface area contributed by atoms with Crippen molar-refractivity contribution in [2.24, 2.45) is 0 Å². The van der Waals surface area contributed by atoms with Gasteiger partial charge in [-0.05, 0) is 19.1 Å². The molecule has 6 heteroatoms. The second kappa shape index (κ2) is 5.88. The van der Waals surface area contributed by atoms with Gasteiger partial charge < -0.3 is 4.74 Å². The number of ketones is 1. The SMILES string of the molecule is Cc1nc(CC(=O)c2cccc(OC(F)F)c2)cs1. The molecule has 100 valence electrons. The van der Waals surface area contributed by atoms with E-state index in [-0.39, 0.29) is 18.0 Å². The molecule has 1 aromatic heterocycles. The molecule has 0 saturated carbocycles. The van der Waals surface area contributed by atoms with E-state index in [9.17, 15) is 13.6 Å². The topological polar surface area (TPSA) is 39.2 Å². The molecule has 19 heavy (non-hydrogen) atoms. The Bertz CT molecular complexity index is 584. The Kier molecular flexibility index (Phi) is 4.21. The smallest absolute Gasteiger partial charge is 0.387 e. The van der Waals surface area contributed by atoms with Crippen molar-refractivity contribution in [1.82, 2.24) is 4.98 Å². The van der Waals surface area contributed by atoms with Crippen molar-refractivity contribution >= 4 is 17.1 Å². The Labute approximate surface area is 112 Å². The molecule has 0 spiro atoms. The number of carbonyl (C=O) groups is 1. The van der Waals surface area contributed by atoms with E-state index in [1.807, 2.05) is 12.3 Å². The molecule has 0 aliphatic heterocycles. The van der Waals surface area contributed by atoms with Gasteiger partial charge in [-0.15, -0.1) is 11.3 Å².